The first-order valence-electron chi connectivity index (χ1n) is 6.81. The number of nitrogens with zero attached hydrogens (tertiary/aromatic N) is 2. The first-order chi connectivity index (χ1) is 8.79. The van der Waals surface area contributed by atoms with Crippen molar-refractivity contribution in [3.8, 4) is 0 Å². The monoisotopic (exact) mass is 249 g/mol. The second-order valence-electron chi connectivity index (χ2n) is 4.83. The van der Waals surface area contributed by atoms with E-state index in [0.29, 0.717) is 6.10 Å². The van der Waals surface area contributed by atoms with Gasteiger partial charge in [0.2, 0.25) is 0 Å². The van der Waals surface area contributed by atoms with Gasteiger partial charge >= 0.3 is 0 Å². The lowest BCUT2D eigenvalue weighted by Gasteiger charge is -2.32. The van der Waals surface area contributed by atoms with Gasteiger partial charge in [-0.2, -0.15) is 0 Å². The summed E-state index contributed by atoms with van der Waals surface area (Å²) in [6, 6.07) is 4.26. The fourth-order valence-corrected chi connectivity index (χ4v) is 2.18. The molecule has 1 saturated heterocycles. The van der Waals surface area contributed by atoms with Crippen molar-refractivity contribution in [1.82, 2.24) is 10.3 Å². The molecule has 4 heteroatoms. The van der Waals surface area contributed by atoms with Crippen LogP contribution in [-0.2, 0) is 11.3 Å². The Bertz CT molecular complexity index is 370. The minimum atomic E-state index is 0.294. The van der Waals surface area contributed by atoms with Crippen LogP contribution < -0.4 is 10.2 Å². The van der Waals surface area contributed by atoms with E-state index in [1.165, 1.54) is 12.0 Å². The molecule has 1 unspecified atom stereocenters. The molecule has 1 aliphatic heterocycles. The molecule has 2 rings (SSSR count). The second kappa shape index (κ2) is 6.71. The number of anilines is 1. The summed E-state index contributed by atoms with van der Waals surface area (Å²) in [6.45, 7) is 8.93. The van der Waals surface area contributed by atoms with Crippen LogP contribution in [0.4, 0.5) is 5.82 Å². The van der Waals surface area contributed by atoms with Crippen LogP contribution in [0, 0.1) is 0 Å². The predicted octanol–water partition coefficient (Wildman–Crippen LogP) is 1.81. The summed E-state index contributed by atoms with van der Waals surface area (Å²) in [4.78, 5) is 6.77. The Morgan fingerprint density at radius 2 is 2.44 bits per heavy atom. The summed E-state index contributed by atoms with van der Waals surface area (Å²) in [5.74, 6) is 1.07. The van der Waals surface area contributed by atoms with Crippen molar-refractivity contribution in [1.29, 1.82) is 0 Å². The summed E-state index contributed by atoms with van der Waals surface area (Å²) in [5, 5.41) is 3.42. The molecule has 0 aromatic carbocycles. The van der Waals surface area contributed by atoms with Gasteiger partial charge < -0.3 is 15.0 Å². The number of nitrogens with one attached hydrogen (secondary N) is 1. The van der Waals surface area contributed by atoms with E-state index in [1.54, 1.807) is 0 Å². The lowest BCUT2D eigenvalue weighted by atomic mass is 10.2. The standard InChI is InChI=1S/C14H23N3O/c1-3-5-15-10-13-4-6-16-14(9-13)17-7-8-18-12(2)11-17/h4,6,9,12,15H,3,5,7-8,10-11H2,1-2H3. The topological polar surface area (TPSA) is 37.4 Å². The van der Waals surface area contributed by atoms with Crippen molar-refractivity contribution in [2.24, 2.45) is 0 Å². The Morgan fingerprint density at radius 1 is 1.56 bits per heavy atom. The van der Waals surface area contributed by atoms with Gasteiger partial charge in [-0.1, -0.05) is 6.92 Å². The van der Waals surface area contributed by atoms with Crippen LogP contribution >= 0.6 is 0 Å². The Hall–Kier alpha value is -1.13. The fraction of sp³-hybridized carbons (Fsp3) is 0.643. The summed E-state index contributed by atoms with van der Waals surface area (Å²) in [6.07, 6.45) is 3.36. The summed E-state index contributed by atoms with van der Waals surface area (Å²) in [7, 11) is 0. The van der Waals surface area contributed by atoms with Crippen molar-refractivity contribution in [3.63, 3.8) is 0 Å². The molecule has 1 atom stereocenters. The van der Waals surface area contributed by atoms with Crippen LogP contribution in [0.3, 0.4) is 0 Å². The number of hydrogen-bond acceptors (Lipinski definition) is 4. The van der Waals surface area contributed by atoms with Crippen LogP contribution in [0.25, 0.3) is 0 Å². The lowest BCUT2D eigenvalue weighted by Crippen LogP contribution is -2.41. The zero-order valence-electron chi connectivity index (χ0n) is 11.4. The normalized spacial score (nSPS) is 20.1. The molecule has 1 aromatic rings. The van der Waals surface area contributed by atoms with Crippen LogP contribution in [0.5, 0.6) is 0 Å². The molecule has 0 amide bonds. The molecule has 1 aromatic heterocycles. The second-order valence-corrected chi connectivity index (χ2v) is 4.83. The van der Waals surface area contributed by atoms with E-state index >= 15 is 0 Å². The van der Waals surface area contributed by atoms with Gasteiger partial charge in [-0.25, -0.2) is 4.98 Å². The molecule has 0 spiro atoms. The van der Waals surface area contributed by atoms with Gasteiger partial charge in [0.05, 0.1) is 12.7 Å². The van der Waals surface area contributed by atoms with Crippen molar-refractivity contribution >= 4 is 5.82 Å². The molecule has 2 heterocycles. The quantitative estimate of drug-likeness (QED) is 0.808. The molecular formula is C14H23N3O. The molecule has 100 valence electrons. The highest BCUT2D eigenvalue weighted by Gasteiger charge is 2.17. The minimum Gasteiger partial charge on any atom is -0.375 e. The maximum absolute atomic E-state index is 5.56. The SMILES string of the molecule is CCCNCc1ccnc(N2CCOC(C)C2)c1. The maximum Gasteiger partial charge on any atom is 0.128 e. The number of ether oxygens (including phenoxy) is 1. The molecule has 1 aliphatic rings. The Balaban J connectivity index is 1.97. The number of morpholine rings is 1. The molecule has 18 heavy (non-hydrogen) atoms. The zero-order chi connectivity index (χ0) is 12.8. The number of rotatable bonds is 5. The van der Waals surface area contributed by atoms with Gasteiger partial charge in [-0.15, -0.1) is 0 Å². The molecule has 0 aliphatic carbocycles. The summed E-state index contributed by atoms with van der Waals surface area (Å²) < 4.78 is 5.56. The van der Waals surface area contributed by atoms with Crippen LogP contribution in [0.1, 0.15) is 25.8 Å². The van der Waals surface area contributed by atoms with Crippen molar-refractivity contribution in [2.45, 2.75) is 32.9 Å². The fourth-order valence-electron chi connectivity index (χ4n) is 2.18. The average molecular weight is 249 g/mol. The first kappa shape index (κ1) is 13.3. The molecule has 0 radical (unpaired) electrons. The summed E-state index contributed by atoms with van der Waals surface area (Å²) in [5.41, 5.74) is 1.30. The molecule has 0 saturated carbocycles. The largest absolute Gasteiger partial charge is 0.375 e. The molecule has 4 nitrogen and oxygen atoms in total. The van der Waals surface area contributed by atoms with Gasteiger partial charge in [0.1, 0.15) is 5.82 Å². The number of aromatic nitrogens is 1. The highest BCUT2D eigenvalue weighted by atomic mass is 16.5. The Labute approximate surface area is 109 Å². The third-order valence-electron chi connectivity index (χ3n) is 3.13. The summed E-state index contributed by atoms with van der Waals surface area (Å²) >= 11 is 0. The van der Waals surface area contributed by atoms with Crippen molar-refractivity contribution < 1.29 is 4.74 Å². The van der Waals surface area contributed by atoms with E-state index in [0.717, 1.165) is 38.6 Å². The maximum atomic E-state index is 5.56. The van der Waals surface area contributed by atoms with E-state index in [4.69, 9.17) is 4.74 Å². The van der Waals surface area contributed by atoms with E-state index in [9.17, 15) is 0 Å². The average Bonchev–Trinajstić information content (AvgIpc) is 2.39. The van der Waals surface area contributed by atoms with Crippen LogP contribution in [0.2, 0.25) is 0 Å². The first-order valence-corrected chi connectivity index (χ1v) is 6.81. The Morgan fingerprint density at radius 3 is 3.22 bits per heavy atom. The highest BCUT2D eigenvalue weighted by Crippen LogP contribution is 2.16. The van der Waals surface area contributed by atoms with E-state index in [2.05, 4.69) is 41.2 Å². The smallest absolute Gasteiger partial charge is 0.128 e. The van der Waals surface area contributed by atoms with Gasteiger partial charge in [0.15, 0.2) is 0 Å². The van der Waals surface area contributed by atoms with Crippen molar-refractivity contribution in [3.05, 3.63) is 23.9 Å². The zero-order valence-corrected chi connectivity index (χ0v) is 11.4. The van der Waals surface area contributed by atoms with Gasteiger partial charge in [-0.3, -0.25) is 0 Å². The molecule has 0 bridgehead atoms. The number of pyridine rings is 1. The lowest BCUT2D eigenvalue weighted by molar-refractivity contribution is 0.0529. The van der Waals surface area contributed by atoms with Gasteiger partial charge in [0.25, 0.3) is 0 Å². The predicted molar refractivity (Wildman–Crippen MR) is 73.9 cm³/mol. The van der Waals surface area contributed by atoms with Crippen molar-refractivity contribution in [2.75, 3.05) is 31.1 Å². The molecular weight excluding hydrogens is 226 g/mol. The van der Waals surface area contributed by atoms with E-state index in [-0.39, 0.29) is 0 Å². The third-order valence-corrected chi connectivity index (χ3v) is 3.13. The van der Waals surface area contributed by atoms with Crippen LogP contribution in [-0.4, -0.2) is 37.3 Å². The van der Waals surface area contributed by atoms with E-state index < -0.39 is 0 Å². The van der Waals surface area contributed by atoms with Gasteiger partial charge in [0, 0.05) is 25.8 Å². The van der Waals surface area contributed by atoms with Gasteiger partial charge in [-0.05, 0) is 37.6 Å². The van der Waals surface area contributed by atoms with E-state index in [1.807, 2.05) is 6.20 Å². The molecule has 1 fully saturated rings. The van der Waals surface area contributed by atoms with Crippen LogP contribution in [0.15, 0.2) is 18.3 Å². The highest BCUT2D eigenvalue weighted by molar-refractivity contribution is 5.41. The minimum absolute atomic E-state index is 0.294. The molecule has 1 N–H and O–H groups in total. The third kappa shape index (κ3) is 3.68. The number of hydrogen-bond donors (Lipinski definition) is 1. The Kier molecular flexibility index (Phi) is 4.96.